The number of ether oxygens (including phenoxy) is 1. The van der Waals surface area contributed by atoms with Gasteiger partial charge in [-0.15, -0.1) is 0 Å². The van der Waals surface area contributed by atoms with Gasteiger partial charge in [-0.05, 0) is 12.1 Å². The SMILES string of the molecule is COc1cccc2c1SC[N+](c1ccccc1)=C2. The molecule has 0 saturated carbocycles. The minimum Gasteiger partial charge on any atom is -0.496 e. The van der Waals surface area contributed by atoms with Gasteiger partial charge in [0.2, 0.25) is 5.69 Å². The van der Waals surface area contributed by atoms with E-state index in [0.717, 1.165) is 11.6 Å². The average Bonchev–Trinajstić information content (AvgIpc) is 2.47. The Bertz CT molecular complexity index is 593. The fraction of sp³-hybridized carbons (Fsp3) is 0.133. The summed E-state index contributed by atoms with van der Waals surface area (Å²) in [6.07, 6.45) is 2.18. The summed E-state index contributed by atoms with van der Waals surface area (Å²) >= 11 is 1.81. The third kappa shape index (κ3) is 2.02. The summed E-state index contributed by atoms with van der Waals surface area (Å²) < 4.78 is 7.65. The molecule has 0 N–H and O–H groups in total. The maximum absolute atomic E-state index is 5.39. The average molecular weight is 256 g/mol. The zero-order valence-corrected chi connectivity index (χ0v) is 11.0. The van der Waals surface area contributed by atoms with E-state index in [4.69, 9.17) is 4.74 Å². The zero-order chi connectivity index (χ0) is 12.4. The van der Waals surface area contributed by atoms with Crippen LogP contribution in [0.25, 0.3) is 0 Å². The van der Waals surface area contributed by atoms with E-state index in [-0.39, 0.29) is 0 Å². The van der Waals surface area contributed by atoms with Gasteiger partial charge in [-0.25, -0.2) is 0 Å². The Morgan fingerprint density at radius 1 is 1.06 bits per heavy atom. The summed E-state index contributed by atoms with van der Waals surface area (Å²) in [6.45, 7) is 0. The van der Waals surface area contributed by atoms with Gasteiger partial charge in [-0.3, -0.25) is 0 Å². The molecule has 2 aromatic rings. The maximum atomic E-state index is 5.39. The first kappa shape index (κ1) is 11.4. The predicted octanol–water partition coefficient (Wildman–Crippen LogP) is 3.52. The lowest BCUT2D eigenvalue weighted by molar-refractivity contribution is -0.411. The van der Waals surface area contributed by atoms with Crippen molar-refractivity contribution in [1.29, 1.82) is 0 Å². The molecule has 90 valence electrons. The van der Waals surface area contributed by atoms with Gasteiger partial charge in [0.15, 0.2) is 12.1 Å². The van der Waals surface area contributed by atoms with Crippen LogP contribution < -0.4 is 4.74 Å². The lowest BCUT2D eigenvalue weighted by Gasteiger charge is -2.14. The van der Waals surface area contributed by atoms with Crippen LogP contribution in [0.2, 0.25) is 0 Å². The highest BCUT2D eigenvalue weighted by Gasteiger charge is 2.20. The van der Waals surface area contributed by atoms with Gasteiger partial charge in [0, 0.05) is 12.1 Å². The lowest BCUT2D eigenvalue weighted by Crippen LogP contribution is -2.12. The van der Waals surface area contributed by atoms with Crippen LogP contribution in [0, 0.1) is 0 Å². The van der Waals surface area contributed by atoms with E-state index in [9.17, 15) is 0 Å². The summed E-state index contributed by atoms with van der Waals surface area (Å²) in [4.78, 5) is 1.23. The van der Waals surface area contributed by atoms with Crippen molar-refractivity contribution < 1.29 is 9.31 Å². The molecule has 0 bridgehead atoms. The number of rotatable bonds is 2. The molecule has 0 aliphatic carbocycles. The zero-order valence-electron chi connectivity index (χ0n) is 10.2. The van der Waals surface area contributed by atoms with Crippen molar-refractivity contribution in [2.24, 2.45) is 0 Å². The fourth-order valence-corrected chi connectivity index (χ4v) is 3.13. The molecule has 0 atom stereocenters. The second-order valence-electron chi connectivity index (χ2n) is 4.09. The van der Waals surface area contributed by atoms with Crippen molar-refractivity contribution in [1.82, 2.24) is 0 Å². The third-order valence-corrected chi connectivity index (χ3v) is 4.09. The standard InChI is InChI=1S/C15H14NOS/c1-17-14-9-5-6-12-10-16(11-18-15(12)14)13-7-3-2-4-8-13/h2-10H,11H2,1H3/q+1. The second-order valence-corrected chi connectivity index (χ2v) is 5.04. The number of para-hydroxylation sites is 1. The van der Waals surface area contributed by atoms with Crippen LogP contribution >= 0.6 is 11.8 Å². The molecule has 0 unspecified atom stereocenters. The van der Waals surface area contributed by atoms with Gasteiger partial charge in [-0.1, -0.05) is 36.0 Å². The van der Waals surface area contributed by atoms with E-state index < -0.39 is 0 Å². The number of thioether (sulfide) groups is 1. The quantitative estimate of drug-likeness (QED) is 0.762. The Hall–Kier alpha value is -1.74. The first-order valence-corrected chi connectivity index (χ1v) is 6.83. The van der Waals surface area contributed by atoms with Crippen molar-refractivity contribution in [3.05, 3.63) is 54.1 Å². The predicted molar refractivity (Wildman–Crippen MR) is 75.2 cm³/mol. The maximum Gasteiger partial charge on any atom is 0.205 e. The largest absolute Gasteiger partial charge is 0.496 e. The number of nitrogens with zero attached hydrogens (tertiary/aromatic N) is 1. The summed E-state index contributed by atoms with van der Waals surface area (Å²) in [6, 6.07) is 16.6. The molecule has 0 amide bonds. The molecule has 0 fully saturated rings. The summed E-state index contributed by atoms with van der Waals surface area (Å²) in [5.74, 6) is 1.87. The van der Waals surface area contributed by atoms with Gasteiger partial charge in [0.1, 0.15) is 5.75 Å². The van der Waals surface area contributed by atoms with Crippen molar-refractivity contribution in [3.63, 3.8) is 0 Å². The summed E-state index contributed by atoms with van der Waals surface area (Å²) in [7, 11) is 1.72. The molecule has 0 radical (unpaired) electrons. The molecule has 0 saturated heterocycles. The summed E-state index contributed by atoms with van der Waals surface area (Å²) in [5, 5.41) is 0. The van der Waals surface area contributed by atoms with Gasteiger partial charge >= 0.3 is 0 Å². The van der Waals surface area contributed by atoms with Crippen LogP contribution in [-0.4, -0.2) is 23.8 Å². The van der Waals surface area contributed by atoms with E-state index in [2.05, 4.69) is 41.1 Å². The molecule has 0 aromatic heterocycles. The Kier molecular flexibility index (Phi) is 3.07. The van der Waals surface area contributed by atoms with Gasteiger partial charge in [-0.2, -0.15) is 4.58 Å². The van der Waals surface area contributed by atoms with Crippen LogP contribution in [0.4, 0.5) is 5.69 Å². The van der Waals surface area contributed by atoms with E-state index in [1.54, 1.807) is 7.11 Å². The van der Waals surface area contributed by atoms with Crippen molar-refractivity contribution in [3.8, 4) is 5.75 Å². The molecule has 1 aliphatic heterocycles. The van der Waals surface area contributed by atoms with Crippen molar-refractivity contribution >= 4 is 23.7 Å². The highest BCUT2D eigenvalue weighted by atomic mass is 32.2. The van der Waals surface area contributed by atoms with Crippen LogP contribution in [0.15, 0.2) is 53.4 Å². The van der Waals surface area contributed by atoms with E-state index in [1.165, 1.54) is 16.1 Å². The van der Waals surface area contributed by atoms with Crippen LogP contribution in [0.1, 0.15) is 5.56 Å². The van der Waals surface area contributed by atoms with Crippen LogP contribution in [0.3, 0.4) is 0 Å². The molecule has 2 aromatic carbocycles. The minimum atomic E-state index is 0.914. The highest BCUT2D eigenvalue weighted by molar-refractivity contribution is 7.99. The number of methoxy groups -OCH3 is 1. The first-order chi connectivity index (χ1) is 8.88. The first-order valence-electron chi connectivity index (χ1n) is 5.85. The fourth-order valence-electron chi connectivity index (χ4n) is 2.06. The molecule has 3 heteroatoms. The van der Waals surface area contributed by atoms with Gasteiger partial charge < -0.3 is 4.74 Å². The Morgan fingerprint density at radius 3 is 2.67 bits per heavy atom. The van der Waals surface area contributed by atoms with Crippen LogP contribution in [-0.2, 0) is 0 Å². The smallest absolute Gasteiger partial charge is 0.205 e. The third-order valence-electron chi connectivity index (χ3n) is 2.96. The highest BCUT2D eigenvalue weighted by Crippen LogP contribution is 2.35. The molecule has 1 heterocycles. The molecular weight excluding hydrogens is 242 g/mol. The molecule has 0 spiro atoms. The molecule has 2 nitrogen and oxygen atoms in total. The normalized spacial score (nSPS) is 13.7. The second kappa shape index (κ2) is 4.86. The Labute approximate surface area is 111 Å². The van der Waals surface area contributed by atoms with E-state index >= 15 is 0 Å². The van der Waals surface area contributed by atoms with Crippen molar-refractivity contribution in [2.75, 3.05) is 13.0 Å². The monoisotopic (exact) mass is 256 g/mol. The summed E-state index contributed by atoms with van der Waals surface area (Å²) in [5.41, 5.74) is 2.44. The number of hydrogen-bond acceptors (Lipinski definition) is 2. The lowest BCUT2D eigenvalue weighted by atomic mass is 10.2. The van der Waals surface area contributed by atoms with E-state index in [1.807, 2.05) is 30.0 Å². The molecular formula is C15H14NOS+. The number of fused-ring (bicyclic) bond motifs is 1. The number of hydrogen-bond donors (Lipinski definition) is 0. The van der Waals surface area contributed by atoms with E-state index in [0.29, 0.717) is 0 Å². The van der Waals surface area contributed by atoms with Gasteiger partial charge in [0.05, 0.1) is 17.6 Å². The van der Waals surface area contributed by atoms with Gasteiger partial charge in [0.25, 0.3) is 0 Å². The Balaban J connectivity index is 2.04. The minimum absolute atomic E-state index is 0.914. The number of benzene rings is 2. The molecule has 3 rings (SSSR count). The Morgan fingerprint density at radius 2 is 1.89 bits per heavy atom. The van der Waals surface area contributed by atoms with Crippen molar-refractivity contribution in [2.45, 2.75) is 4.90 Å². The molecule has 18 heavy (non-hydrogen) atoms. The topological polar surface area (TPSA) is 12.2 Å². The van der Waals surface area contributed by atoms with Crippen LogP contribution in [0.5, 0.6) is 5.75 Å². The molecule has 1 aliphatic rings.